The van der Waals surface area contributed by atoms with Crippen molar-refractivity contribution in [1.82, 2.24) is 9.88 Å². The van der Waals surface area contributed by atoms with Gasteiger partial charge in [-0.15, -0.1) is 11.3 Å². The summed E-state index contributed by atoms with van der Waals surface area (Å²) in [6.45, 7) is 3.27. The molecule has 0 bridgehead atoms. The van der Waals surface area contributed by atoms with Crippen molar-refractivity contribution in [2.24, 2.45) is 0 Å². The van der Waals surface area contributed by atoms with E-state index in [9.17, 15) is 0 Å². The number of thiazole rings is 1. The maximum Gasteiger partial charge on any atom is 0.126 e. The molecule has 3 aromatic rings. The minimum absolute atomic E-state index is 0.586. The molecule has 0 aliphatic carbocycles. The Morgan fingerprint density at radius 2 is 2.08 bits per heavy atom. The molecule has 24 heavy (non-hydrogen) atoms. The molecule has 1 fully saturated rings. The second kappa shape index (κ2) is 6.91. The fraction of sp³-hybridized carbons (Fsp3) is 0.350. The van der Waals surface area contributed by atoms with Gasteiger partial charge < -0.3 is 4.74 Å². The fourth-order valence-electron chi connectivity index (χ4n) is 3.73. The normalized spacial score (nSPS) is 18.8. The van der Waals surface area contributed by atoms with Crippen LogP contribution in [-0.2, 0) is 6.54 Å². The molecule has 2 aromatic carbocycles. The molecule has 1 saturated heterocycles. The standard InChI is InChI=1S/C20H22N2OS/c1-23-19-9-8-15(17-6-2-3-7-18(17)19)13-22-11-4-5-16(14-22)20-21-10-12-24-20/h2-3,6-10,12,16H,4-5,11,13-14H2,1H3. The lowest BCUT2D eigenvalue weighted by Crippen LogP contribution is -2.33. The Labute approximate surface area is 146 Å². The van der Waals surface area contributed by atoms with E-state index in [4.69, 9.17) is 4.74 Å². The summed E-state index contributed by atoms with van der Waals surface area (Å²) in [5.74, 6) is 1.54. The van der Waals surface area contributed by atoms with Crippen molar-refractivity contribution in [3.8, 4) is 5.75 Å². The maximum atomic E-state index is 5.52. The molecule has 1 unspecified atom stereocenters. The van der Waals surface area contributed by atoms with E-state index in [2.05, 4.69) is 51.7 Å². The molecular formula is C20H22N2OS. The van der Waals surface area contributed by atoms with E-state index in [-0.39, 0.29) is 0 Å². The molecular weight excluding hydrogens is 316 g/mol. The van der Waals surface area contributed by atoms with Crippen LogP contribution < -0.4 is 4.74 Å². The summed E-state index contributed by atoms with van der Waals surface area (Å²) in [4.78, 5) is 7.10. The number of likely N-dealkylation sites (tertiary alicyclic amines) is 1. The second-order valence-corrected chi connectivity index (χ2v) is 7.34. The number of nitrogens with zero attached hydrogens (tertiary/aromatic N) is 2. The Morgan fingerprint density at radius 3 is 2.88 bits per heavy atom. The number of benzene rings is 2. The van der Waals surface area contributed by atoms with Gasteiger partial charge in [0.05, 0.1) is 12.1 Å². The highest BCUT2D eigenvalue weighted by atomic mass is 32.1. The van der Waals surface area contributed by atoms with Crippen LogP contribution in [0.15, 0.2) is 48.0 Å². The molecule has 1 atom stereocenters. The first-order valence-corrected chi connectivity index (χ1v) is 9.39. The first-order valence-electron chi connectivity index (χ1n) is 8.51. The molecule has 0 amide bonds. The van der Waals surface area contributed by atoms with Crippen LogP contribution in [0.4, 0.5) is 0 Å². The average molecular weight is 338 g/mol. The number of hydrogen-bond donors (Lipinski definition) is 0. The maximum absolute atomic E-state index is 5.52. The van der Waals surface area contributed by atoms with Crippen LogP contribution in [0.5, 0.6) is 5.75 Å². The lowest BCUT2D eigenvalue weighted by molar-refractivity contribution is 0.200. The molecule has 3 nitrogen and oxygen atoms in total. The fourth-order valence-corrected chi connectivity index (χ4v) is 4.50. The van der Waals surface area contributed by atoms with Gasteiger partial charge in [-0.2, -0.15) is 0 Å². The lowest BCUT2D eigenvalue weighted by atomic mass is 9.97. The monoisotopic (exact) mass is 338 g/mol. The number of aromatic nitrogens is 1. The molecule has 0 spiro atoms. The van der Waals surface area contributed by atoms with E-state index in [0.717, 1.165) is 18.8 Å². The van der Waals surface area contributed by atoms with Gasteiger partial charge in [-0.3, -0.25) is 4.90 Å². The van der Waals surface area contributed by atoms with E-state index in [1.165, 1.54) is 40.7 Å². The molecule has 4 rings (SSSR count). The summed E-state index contributed by atoms with van der Waals surface area (Å²) in [6, 6.07) is 12.9. The lowest BCUT2D eigenvalue weighted by Gasteiger charge is -2.32. The largest absolute Gasteiger partial charge is 0.496 e. The first kappa shape index (κ1) is 15.6. The van der Waals surface area contributed by atoms with Gasteiger partial charge in [0.15, 0.2) is 0 Å². The summed E-state index contributed by atoms with van der Waals surface area (Å²) in [5, 5.41) is 5.88. The molecule has 1 aliphatic heterocycles. The van der Waals surface area contributed by atoms with E-state index in [0.29, 0.717) is 5.92 Å². The molecule has 4 heteroatoms. The van der Waals surface area contributed by atoms with Gasteiger partial charge in [0.25, 0.3) is 0 Å². The van der Waals surface area contributed by atoms with E-state index in [1.807, 2.05) is 6.20 Å². The molecule has 0 N–H and O–H groups in total. The van der Waals surface area contributed by atoms with Gasteiger partial charge in [0.1, 0.15) is 5.75 Å². The highest BCUT2D eigenvalue weighted by molar-refractivity contribution is 7.09. The van der Waals surface area contributed by atoms with Crippen molar-refractivity contribution < 1.29 is 4.74 Å². The van der Waals surface area contributed by atoms with Crippen molar-refractivity contribution in [1.29, 1.82) is 0 Å². The summed E-state index contributed by atoms with van der Waals surface area (Å²) >= 11 is 1.79. The first-order chi connectivity index (χ1) is 11.8. The van der Waals surface area contributed by atoms with E-state index < -0.39 is 0 Å². The van der Waals surface area contributed by atoms with Crippen molar-refractivity contribution in [3.05, 3.63) is 58.5 Å². The van der Waals surface area contributed by atoms with Crippen LogP contribution in [0.1, 0.15) is 29.3 Å². The van der Waals surface area contributed by atoms with Crippen LogP contribution in [-0.4, -0.2) is 30.1 Å². The minimum atomic E-state index is 0.586. The number of hydrogen-bond acceptors (Lipinski definition) is 4. The van der Waals surface area contributed by atoms with Gasteiger partial charge in [-0.05, 0) is 36.4 Å². The number of fused-ring (bicyclic) bond motifs is 1. The van der Waals surface area contributed by atoms with Crippen molar-refractivity contribution in [2.45, 2.75) is 25.3 Å². The SMILES string of the molecule is COc1ccc(CN2CCCC(c3nccs3)C2)c2ccccc12. The summed E-state index contributed by atoms with van der Waals surface area (Å²) in [7, 11) is 1.74. The molecule has 1 aliphatic rings. The van der Waals surface area contributed by atoms with E-state index in [1.54, 1.807) is 18.4 Å². The zero-order valence-electron chi connectivity index (χ0n) is 13.9. The Hall–Kier alpha value is -1.91. The van der Waals surface area contributed by atoms with Crippen LogP contribution in [0.2, 0.25) is 0 Å². The number of rotatable bonds is 4. The predicted octanol–water partition coefficient (Wildman–Crippen LogP) is 4.68. The molecule has 0 radical (unpaired) electrons. The van der Waals surface area contributed by atoms with Gasteiger partial charge >= 0.3 is 0 Å². The van der Waals surface area contributed by atoms with Gasteiger partial charge in [-0.1, -0.05) is 30.3 Å². The molecule has 1 aromatic heterocycles. The zero-order valence-corrected chi connectivity index (χ0v) is 14.8. The Kier molecular flexibility index (Phi) is 4.50. The summed E-state index contributed by atoms with van der Waals surface area (Å²) < 4.78 is 5.52. The second-order valence-electron chi connectivity index (χ2n) is 6.42. The highest BCUT2D eigenvalue weighted by Gasteiger charge is 2.23. The minimum Gasteiger partial charge on any atom is -0.496 e. The Morgan fingerprint density at radius 1 is 1.21 bits per heavy atom. The van der Waals surface area contributed by atoms with Crippen molar-refractivity contribution in [2.75, 3.05) is 20.2 Å². The molecule has 124 valence electrons. The van der Waals surface area contributed by atoms with Crippen LogP contribution >= 0.6 is 11.3 Å². The number of ether oxygens (including phenoxy) is 1. The number of piperidine rings is 1. The molecule has 2 heterocycles. The summed E-state index contributed by atoms with van der Waals surface area (Å²) in [6.07, 6.45) is 4.43. The van der Waals surface area contributed by atoms with Gasteiger partial charge in [0.2, 0.25) is 0 Å². The van der Waals surface area contributed by atoms with Crippen LogP contribution in [0.3, 0.4) is 0 Å². The zero-order chi connectivity index (χ0) is 16.4. The van der Waals surface area contributed by atoms with Gasteiger partial charge in [-0.25, -0.2) is 4.98 Å². The Bertz CT molecular complexity index is 816. The van der Waals surface area contributed by atoms with Crippen molar-refractivity contribution >= 4 is 22.1 Å². The number of methoxy groups -OCH3 is 1. The smallest absolute Gasteiger partial charge is 0.126 e. The van der Waals surface area contributed by atoms with Crippen LogP contribution in [0, 0.1) is 0 Å². The highest BCUT2D eigenvalue weighted by Crippen LogP contribution is 2.32. The third-order valence-electron chi connectivity index (χ3n) is 4.89. The summed E-state index contributed by atoms with van der Waals surface area (Å²) in [5.41, 5.74) is 1.38. The average Bonchev–Trinajstić information content (AvgIpc) is 3.17. The van der Waals surface area contributed by atoms with E-state index >= 15 is 0 Å². The molecule has 0 saturated carbocycles. The van der Waals surface area contributed by atoms with Gasteiger partial charge in [0, 0.05) is 36.0 Å². The topological polar surface area (TPSA) is 25.4 Å². The third kappa shape index (κ3) is 3.04. The Balaban J connectivity index is 1.58. The quantitative estimate of drug-likeness (QED) is 0.690. The predicted molar refractivity (Wildman–Crippen MR) is 99.9 cm³/mol. The van der Waals surface area contributed by atoms with Crippen LogP contribution in [0.25, 0.3) is 10.8 Å². The third-order valence-corrected chi connectivity index (χ3v) is 5.83. The van der Waals surface area contributed by atoms with Crippen molar-refractivity contribution in [3.63, 3.8) is 0 Å².